The largest absolute Gasteiger partial charge is 0.497 e. The van der Waals surface area contributed by atoms with Crippen LogP contribution in [0, 0.1) is 5.92 Å². The molecule has 1 aromatic carbocycles. The lowest BCUT2D eigenvalue weighted by Gasteiger charge is -2.22. The molecule has 1 unspecified atom stereocenters. The van der Waals surface area contributed by atoms with Gasteiger partial charge < -0.3 is 14.8 Å². The van der Waals surface area contributed by atoms with Gasteiger partial charge in [-0.2, -0.15) is 0 Å². The molecule has 0 aromatic heterocycles. The summed E-state index contributed by atoms with van der Waals surface area (Å²) in [6, 6.07) is 8.20. The van der Waals surface area contributed by atoms with Crippen LogP contribution in [0.5, 0.6) is 5.75 Å². The Morgan fingerprint density at radius 2 is 2.11 bits per heavy atom. The van der Waals surface area contributed by atoms with Gasteiger partial charge in [0.05, 0.1) is 20.3 Å². The van der Waals surface area contributed by atoms with E-state index in [2.05, 4.69) is 17.4 Å². The first-order chi connectivity index (χ1) is 8.88. The lowest BCUT2D eigenvalue weighted by Crippen LogP contribution is -2.32. The van der Waals surface area contributed by atoms with Crippen molar-refractivity contribution in [2.45, 2.75) is 19.3 Å². The quantitative estimate of drug-likeness (QED) is 0.784. The predicted octanol–water partition coefficient (Wildman–Crippen LogP) is 2.25. The molecule has 0 radical (unpaired) electrons. The van der Waals surface area contributed by atoms with E-state index in [9.17, 15) is 0 Å². The number of rotatable bonds is 6. The van der Waals surface area contributed by atoms with Crippen LogP contribution in [0.3, 0.4) is 0 Å². The maximum absolute atomic E-state index is 5.76. The van der Waals surface area contributed by atoms with E-state index in [1.807, 2.05) is 12.1 Å². The van der Waals surface area contributed by atoms with Gasteiger partial charge in [-0.3, -0.25) is 0 Å². The van der Waals surface area contributed by atoms with E-state index in [1.54, 1.807) is 7.11 Å². The summed E-state index contributed by atoms with van der Waals surface area (Å²) >= 11 is 0. The summed E-state index contributed by atoms with van der Waals surface area (Å²) in [4.78, 5) is 0. The highest BCUT2D eigenvalue weighted by Crippen LogP contribution is 2.13. The lowest BCUT2D eigenvalue weighted by atomic mass is 10.0. The molecule has 1 aliphatic heterocycles. The highest BCUT2D eigenvalue weighted by atomic mass is 16.5. The summed E-state index contributed by atoms with van der Waals surface area (Å²) in [7, 11) is 1.69. The summed E-state index contributed by atoms with van der Waals surface area (Å²) in [6.45, 7) is 3.98. The SMILES string of the molecule is COc1ccc(CCOCC2CCCNC2)cc1. The summed E-state index contributed by atoms with van der Waals surface area (Å²) in [5.74, 6) is 1.61. The first kappa shape index (κ1) is 13.4. The van der Waals surface area contributed by atoms with Crippen molar-refractivity contribution in [3.8, 4) is 5.75 Å². The average Bonchev–Trinajstić information content (AvgIpc) is 2.45. The van der Waals surface area contributed by atoms with Crippen molar-refractivity contribution >= 4 is 0 Å². The van der Waals surface area contributed by atoms with Crippen LogP contribution in [0.1, 0.15) is 18.4 Å². The van der Waals surface area contributed by atoms with Gasteiger partial charge in [-0.25, -0.2) is 0 Å². The fourth-order valence-corrected chi connectivity index (χ4v) is 2.30. The molecule has 0 bridgehead atoms. The van der Waals surface area contributed by atoms with Crippen molar-refractivity contribution < 1.29 is 9.47 Å². The molecule has 3 nitrogen and oxygen atoms in total. The van der Waals surface area contributed by atoms with Crippen LogP contribution in [0.4, 0.5) is 0 Å². The van der Waals surface area contributed by atoms with Crippen molar-refractivity contribution in [3.63, 3.8) is 0 Å². The zero-order valence-corrected chi connectivity index (χ0v) is 11.2. The van der Waals surface area contributed by atoms with Gasteiger partial charge in [-0.15, -0.1) is 0 Å². The third-order valence-corrected chi connectivity index (χ3v) is 3.45. The zero-order chi connectivity index (χ0) is 12.6. The Bertz CT molecular complexity index is 331. The molecule has 3 heteroatoms. The Morgan fingerprint density at radius 3 is 2.78 bits per heavy atom. The van der Waals surface area contributed by atoms with E-state index in [-0.39, 0.29) is 0 Å². The Labute approximate surface area is 109 Å². The second-order valence-corrected chi connectivity index (χ2v) is 4.89. The van der Waals surface area contributed by atoms with Crippen LogP contribution < -0.4 is 10.1 Å². The van der Waals surface area contributed by atoms with E-state index in [1.165, 1.54) is 24.9 Å². The fraction of sp³-hybridized carbons (Fsp3) is 0.600. The van der Waals surface area contributed by atoms with Gasteiger partial charge >= 0.3 is 0 Å². The Hall–Kier alpha value is -1.06. The predicted molar refractivity (Wildman–Crippen MR) is 73.1 cm³/mol. The molecule has 1 aliphatic rings. The molecule has 1 saturated heterocycles. The first-order valence-corrected chi connectivity index (χ1v) is 6.80. The summed E-state index contributed by atoms with van der Waals surface area (Å²) in [5.41, 5.74) is 1.30. The molecular formula is C15H23NO2. The smallest absolute Gasteiger partial charge is 0.118 e. The minimum Gasteiger partial charge on any atom is -0.497 e. The third-order valence-electron chi connectivity index (χ3n) is 3.45. The molecule has 18 heavy (non-hydrogen) atoms. The molecule has 100 valence electrons. The number of ether oxygens (including phenoxy) is 2. The Morgan fingerprint density at radius 1 is 1.28 bits per heavy atom. The van der Waals surface area contributed by atoms with E-state index in [0.717, 1.165) is 31.9 Å². The number of hydrogen-bond acceptors (Lipinski definition) is 3. The topological polar surface area (TPSA) is 30.5 Å². The second-order valence-electron chi connectivity index (χ2n) is 4.89. The molecular weight excluding hydrogens is 226 g/mol. The van der Waals surface area contributed by atoms with Crippen LogP contribution in [-0.2, 0) is 11.2 Å². The summed E-state index contributed by atoms with van der Waals surface area (Å²) in [6.07, 6.45) is 3.56. The highest BCUT2D eigenvalue weighted by molar-refractivity contribution is 5.27. The van der Waals surface area contributed by atoms with E-state index in [4.69, 9.17) is 9.47 Å². The van der Waals surface area contributed by atoms with Gasteiger partial charge in [0.15, 0.2) is 0 Å². The minimum atomic E-state index is 0.703. The third kappa shape index (κ3) is 4.31. The van der Waals surface area contributed by atoms with Crippen LogP contribution in [0.15, 0.2) is 24.3 Å². The number of hydrogen-bond donors (Lipinski definition) is 1. The number of benzene rings is 1. The van der Waals surface area contributed by atoms with Crippen molar-refractivity contribution in [2.24, 2.45) is 5.92 Å². The lowest BCUT2D eigenvalue weighted by molar-refractivity contribution is 0.0921. The van der Waals surface area contributed by atoms with Crippen molar-refractivity contribution in [1.29, 1.82) is 0 Å². The molecule has 1 aromatic rings. The maximum atomic E-state index is 5.76. The van der Waals surface area contributed by atoms with Crippen molar-refractivity contribution in [3.05, 3.63) is 29.8 Å². The van der Waals surface area contributed by atoms with Gasteiger partial charge in [0.2, 0.25) is 0 Å². The molecule has 0 saturated carbocycles. The maximum Gasteiger partial charge on any atom is 0.118 e. The van der Waals surface area contributed by atoms with Crippen molar-refractivity contribution in [2.75, 3.05) is 33.4 Å². The van der Waals surface area contributed by atoms with E-state index < -0.39 is 0 Å². The average molecular weight is 249 g/mol. The molecule has 1 atom stereocenters. The minimum absolute atomic E-state index is 0.703. The van der Waals surface area contributed by atoms with Crippen LogP contribution in [-0.4, -0.2) is 33.4 Å². The molecule has 0 amide bonds. The normalized spacial score (nSPS) is 19.7. The molecule has 1 heterocycles. The van der Waals surface area contributed by atoms with E-state index in [0.29, 0.717) is 5.92 Å². The standard InChI is InChI=1S/C15H23NO2/c1-17-15-6-4-13(5-7-15)8-10-18-12-14-3-2-9-16-11-14/h4-7,14,16H,2-3,8-12H2,1H3. The van der Waals surface area contributed by atoms with Gasteiger partial charge in [0, 0.05) is 6.54 Å². The Balaban J connectivity index is 1.62. The molecule has 1 fully saturated rings. The summed E-state index contributed by atoms with van der Waals surface area (Å²) < 4.78 is 10.9. The molecule has 2 rings (SSSR count). The van der Waals surface area contributed by atoms with Crippen molar-refractivity contribution in [1.82, 2.24) is 5.32 Å². The Kier molecular flexibility index (Phi) is 5.49. The van der Waals surface area contributed by atoms with Gasteiger partial charge in [0.25, 0.3) is 0 Å². The molecule has 0 spiro atoms. The van der Waals surface area contributed by atoms with Gasteiger partial charge in [-0.1, -0.05) is 12.1 Å². The van der Waals surface area contributed by atoms with E-state index >= 15 is 0 Å². The number of piperidine rings is 1. The fourth-order valence-electron chi connectivity index (χ4n) is 2.30. The number of methoxy groups -OCH3 is 1. The van der Waals surface area contributed by atoms with Gasteiger partial charge in [0.1, 0.15) is 5.75 Å². The number of nitrogens with one attached hydrogen (secondary N) is 1. The second kappa shape index (κ2) is 7.39. The molecule has 0 aliphatic carbocycles. The van der Waals surface area contributed by atoms with Crippen LogP contribution in [0.25, 0.3) is 0 Å². The summed E-state index contributed by atoms with van der Waals surface area (Å²) in [5, 5.41) is 3.41. The van der Waals surface area contributed by atoms with Crippen LogP contribution >= 0.6 is 0 Å². The first-order valence-electron chi connectivity index (χ1n) is 6.80. The molecule has 1 N–H and O–H groups in total. The zero-order valence-electron chi connectivity index (χ0n) is 11.2. The van der Waals surface area contributed by atoms with Crippen LogP contribution in [0.2, 0.25) is 0 Å². The monoisotopic (exact) mass is 249 g/mol. The van der Waals surface area contributed by atoms with Gasteiger partial charge in [-0.05, 0) is 49.4 Å². The highest BCUT2D eigenvalue weighted by Gasteiger charge is 2.12.